The van der Waals surface area contributed by atoms with Gasteiger partial charge in [0.15, 0.2) is 0 Å². The summed E-state index contributed by atoms with van der Waals surface area (Å²) in [6.45, 7) is 11.2. The number of nitrogens with one attached hydrogen (secondary N) is 4. The Kier molecular flexibility index (Phi) is 13.3. The number of aromatic nitrogens is 1. The third-order valence-electron chi connectivity index (χ3n) is 12.2. The molecule has 0 radical (unpaired) electrons. The van der Waals surface area contributed by atoms with Crippen LogP contribution in [0.3, 0.4) is 0 Å². The van der Waals surface area contributed by atoms with E-state index >= 15 is 0 Å². The van der Waals surface area contributed by atoms with Crippen molar-refractivity contribution in [2.45, 2.75) is 103 Å². The first-order valence-corrected chi connectivity index (χ1v) is 20.9. The second kappa shape index (κ2) is 18.2. The number of hydrogen-bond acceptors (Lipinski definition) is 9. The average Bonchev–Trinajstić information content (AvgIpc) is 3.79. The highest BCUT2D eigenvalue weighted by atomic mass is 16.5. The van der Waals surface area contributed by atoms with E-state index in [1.807, 2.05) is 75.4 Å². The minimum absolute atomic E-state index is 0.0221. The summed E-state index contributed by atoms with van der Waals surface area (Å²) in [5, 5.41) is 12.4. The molecule has 2 aromatic carbocycles. The Hall–Kier alpha value is -5.46. The van der Waals surface area contributed by atoms with Crippen molar-refractivity contribution in [1.29, 1.82) is 0 Å². The van der Waals surface area contributed by atoms with Crippen molar-refractivity contribution in [2.75, 3.05) is 20.8 Å². The molecule has 1 aromatic heterocycles. The quantitative estimate of drug-likeness (QED) is 0.112. The molecule has 0 aliphatic heterocycles. The van der Waals surface area contributed by atoms with Gasteiger partial charge in [-0.3, -0.25) is 19.2 Å². The molecule has 3 saturated carbocycles. The van der Waals surface area contributed by atoms with Crippen LogP contribution in [0.2, 0.25) is 0 Å². The lowest BCUT2D eigenvalue weighted by Gasteiger charge is -2.35. The summed E-state index contributed by atoms with van der Waals surface area (Å²) in [5.74, 6) is -3.36. The van der Waals surface area contributed by atoms with Crippen LogP contribution in [0, 0.1) is 29.1 Å². The lowest BCUT2D eigenvalue weighted by atomic mass is 9.82. The van der Waals surface area contributed by atoms with Gasteiger partial charge in [-0.1, -0.05) is 76.4 Å². The van der Waals surface area contributed by atoms with E-state index in [-0.39, 0.29) is 37.2 Å². The number of nitrogens with zero attached hydrogens (tertiary/aromatic N) is 1. The van der Waals surface area contributed by atoms with Crippen molar-refractivity contribution < 1.29 is 38.2 Å². The van der Waals surface area contributed by atoms with Crippen LogP contribution < -0.4 is 30.7 Å². The number of rotatable bonds is 15. The maximum Gasteiger partial charge on any atom is 0.332 e. The van der Waals surface area contributed by atoms with Crippen LogP contribution in [-0.2, 0) is 28.7 Å². The third-order valence-corrected chi connectivity index (χ3v) is 12.2. The fourth-order valence-corrected chi connectivity index (χ4v) is 8.76. The van der Waals surface area contributed by atoms with Crippen LogP contribution in [0.4, 0.5) is 0 Å². The van der Waals surface area contributed by atoms with Gasteiger partial charge in [-0.05, 0) is 62.5 Å². The largest absolute Gasteiger partial charge is 0.497 e. The van der Waals surface area contributed by atoms with Crippen molar-refractivity contribution in [3.05, 3.63) is 67.3 Å². The van der Waals surface area contributed by atoms with E-state index in [1.54, 1.807) is 27.2 Å². The first-order chi connectivity index (χ1) is 28.2. The number of hydrogen-bond donors (Lipinski definition) is 4. The van der Waals surface area contributed by atoms with Crippen molar-refractivity contribution in [2.24, 2.45) is 29.1 Å². The van der Waals surface area contributed by atoms with E-state index in [4.69, 9.17) is 19.2 Å². The predicted molar refractivity (Wildman–Crippen MR) is 224 cm³/mol. The normalized spacial score (nSPS) is 23.9. The summed E-state index contributed by atoms with van der Waals surface area (Å²) >= 11 is 0. The van der Waals surface area contributed by atoms with E-state index in [0.717, 1.165) is 43.1 Å². The van der Waals surface area contributed by atoms with Gasteiger partial charge in [0.2, 0.25) is 23.6 Å². The Labute approximate surface area is 346 Å². The molecule has 3 aliphatic rings. The van der Waals surface area contributed by atoms with E-state index in [9.17, 15) is 24.0 Å². The van der Waals surface area contributed by atoms with Gasteiger partial charge in [0.05, 0.1) is 36.8 Å². The number of benzene rings is 2. The summed E-state index contributed by atoms with van der Waals surface area (Å²) < 4.78 is 17.6. The molecule has 3 aromatic rings. The van der Waals surface area contributed by atoms with Crippen molar-refractivity contribution in [3.8, 4) is 22.8 Å². The number of fused-ring (bicyclic) bond motifs is 1. The summed E-state index contributed by atoms with van der Waals surface area (Å²) in [6, 6.07) is 15.3. The van der Waals surface area contributed by atoms with Crippen LogP contribution in [-0.4, -0.2) is 79.1 Å². The van der Waals surface area contributed by atoms with Crippen molar-refractivity contribution >= 4 is 40.5 Å². The number of carbonyl (C=O) groups is 5. The van der Waals surface area contributed by atoms with Gasteiger partial charge < -0.3 is 35.5 Å². The van der Waals surface area contributed by atoms with Crippen LogP contribution in [0.15, 0.2) is 67.3 Å². The average molecular weight is 810 g/mol. The Morgan fingerprint density at radius 3 is 2.24 bits per heavy atom. The monoisotopic (exact) mass is 809 g/mol. The van der Waals surface area contributed by atoms with E-state index in [0.29, 0.717) is 29.1 Å². The lowest BCUT2D eigenvalue weighted by molar-refractivity contribution is -0.150. The molecule has 6 rings (SSSR count). The summed E-state index contributed by atoms with van der Waals surface area (Å²) in [5.41, 5.74) is 0.148. The first-order valence-electron chi connectivity index (χ1n) is 20.9. The summed E-state index contributed by atoms with van der Waals surface area (Å²) in [7, 11) is 3.14. The lowest BCUT2D eigenvalue weighted by Crippen LogP contribution is -2.60. The molecule has 3 aliphatic carbocycles. The fraction of sp³-hybridized carbons (Fsp3) is 0.522. The molecular weight excluding hydrogens is 751 g/mol. The highest BCUT2D eigenvalue weighted by Crippen LogP contribution is 2.47. The first kappa shape index (κ1) is 43.1. The number of carbonyl (C=O) groups excluding carboxylic acids is 5. The van der Waals surface area contributed by atoms with Gasteiger partial charge in [-0.15, -0.1) is 6.58 Å². The molecule has 1 heterocycles. The number of methoxy groups -OCH3 is 1. The maximum atomic E-state index is 14.6. The number of esters is 1. The minimum atomic E-state index is -1.28. The molecular formula is C46H59N5O8. The highest BCUT2D eigenvalue weighted by Gasteiger charge is 2.62. The fourth-order valence-electron chi connectivity index (χ4n) is 8.76. The summed E-state index contributed by atoms with van der Waals surface area (Å²) in [6.07, 6.45) is 6.31. The standard InChI is InChI=1S/C46H59N5O8/c1-8-29-26-46(29,44(56)58-9-2)51-41(53)34-23-31(59-37-25-35(27-16-12-10-13-17-27)48-36-24-30(57-7)20-21-32(36)37)22-33(34)40(52)50-39(45(3,4)5)43(55)49-38(42(54)47-6)28-18-14-11-15-19-28/h8,10,12-13,16-17,20-21,24-25,28-29,31,33-34,38-39H,1,9,11,14-15,18-19,22-23,26H2,2-7H3,(H,47,54)(H,49,55)(H,50,52)(H,51,53)/t29-,31-,33+,34-,38?,39-,46-/m1/s1. The third kappa shape index (κ3) is 9.55. The van der Waals surface area contributed by atoms with Crippen LogP contribution >= 0.6 is 0 Å². The van der Waals surface area contributed by atoms with Gasteiger partial charge in [0, 0.05) is 36.0 Å². The molecule has 59 heavy (non-hydrogen) atoms. The summed E-state index contributed by atoms with van der Waals surface area (Å²) in [4.78, 5) is 74.4. The Balaban J connectivity index is 1.31. The van der Waals surface area contributed by atoms with Gasteiger partial charge in [0.25, 0.3) is 0 Å². The van der Waals surface area contributed by atoms with Gasteiger partial charge in [-0.2, -0.15) is 0 Å². The van der Waals surface area contributed by atoms with Crippen LogP contribution in [0.1, 0.15) is 79.1 Å². The second-order valence-corrected chi connectivity index (χ2v) is 17.2. The van der Waals surface area contributed by atoms with Crippen molar-refractivity contribution in [1.82, 2.24) is 26.3 Å². The zero-order valence-electron chi connectivity index (χ0n) is 35.1. The van der Waals surface area contributed by atoms with Crippen LogP contribution in [0.5, 0.6) is 11.5 Å². The molecule has 0 bridgehead atoms. The Morgan fingerprint density at radius 2 is 1.63 bits per heavy atom. The van der Waals surface area contributed by atoms with E-state index < -0.39 is 64.7 Å². The SMILES string of the molecule is C=C[C@@H]1C[C@]1(NC(=O)[C@@H]1C[C@H](Oc2cc(-c3ccccc3)nc3cc(OC)ccc23)C[C@@H]1C(=O)N[C@H](C(=O)NC(C(=O)NC)C1CCCCC1)C(C)(C)C)C(=O)OCC. The molecule has 3 fully saturated rings. The zero-order chi connectivity index (χ0) is 42.5. The van der Waals surface area contributed by atoms with E-state index in [2.05, 4.69) is 27.8 Å². The number of ether oxygens (including phenoxy) is 3. The topological polar surface area (TPSA) is 174 Å². The zero-order valence-corrected chi connectivity index (χ0v) is 35.1. The Bertz CT molecular complexity index is 2040. The molecule has 13 nitrogen and oxygen atoms in total. The molecule has 0 saturated heterocycles. The molecule has 4 N–H and O–H groups in total. The second-order valence-electron chi connectivity index (χ2n) is 17.2. The van der Waals surface area contributed by atoms with Gasteiger partial charge in [0.1, 0.15) is 35.2 Å². The molecule has 1 unspecified atom stereocenters. The minimum Gasteiger partial charge on any atom is -0.497 e. The molecule has 4 amide bonds. The smallest absolute Gasteiger partial charge is 0.332 e. The molecule has 316 valence electrons. The highest BCUT2D eigenvalue weighted by molar-refractivity contribution is 5.97. The van der Waals surface area contributed by atoms with Gasteiger partial charge >= 0.3 is 5.97 Å². The molecule has 13 heteroatoms. The van der Waals surface area contributed by atoms with Gasteiger partial charge in [-0.25, -0.2) is 9.78 Å². The van der Waals surface area contributed by atoms with Crippen LogP contribution in [0.25, 0.3) is 22.2 Å². The van der Waals surface area contributed by atoms with Crippen molar-refractivity contribution in [3.63, 3.8) is 0 Å². The Morgan fingerprint density at radius 1 is 0.932 bits per heavy atom. The maximum absolute atomic E-state index is 14.6. The number of likely N-dealkylation sites (N-methyl/N-ethyl adjacent to an activating group) is 1. The number of pyridine rings is 1. The molecule has 0 spiro atoms. The number of amides is 4. The molecule has 7 atom stereocenters. The van der Waals surface area contributed by atoms with E-state index in [1.165, 1.54) is 0 Å². The predicted octanol–water partition coefficient (Wildman–Crippen LogP) is 5.65.